The highest BCUT2D eigenvalue weighted by Gasteiger charge is 2.11. The number of fused-ring (bicyclic) bond motifs is 1. The van der Waals surface area contributed by atoms with Gasteiger partial charge in [0.05, 0.1) is 10.2 Å². The minimum atomic E-state index is 0.453. The van der Waals surface area contributed by atoms with E-state index in [0.29, 0.717) is 15.2 Å². The maximum Gasteiger partial charge on any atom is 0.150 e. The molecule has 90 valence electrons. The Morgan fingerprint density at radius 1 is 1.00 bits per heavy atom. The monoisotopic (exact) mass is 314 g/mol. The number of benzene rings is 1. The second-order valence-electron chi connectivity index (χ2n) is 3.61. The lowest BCUT2D eigenvalue weighted by Gasteiger charge is -2.01. The maximum absolute atomic E-state index is 6.18. The van der Waals surface area contributed by atoms with E-state index in [1.807, 2.05) is 12.1 Å². The second-order valence-corrected chi connectivity index (χ2v) is 5.87. The van der Waals surface area contributed by atoms with Crippen molar-refractivity contribution in [3.8, 4) is 10.4 Å². The van der Waals surface area contributed by atoms with Gasteiger partial charge in [0, 0.05) is 20.5 Å². The third kappa shape index (κ3) is 2.08. The van der Waals surface area contributed by atoms with E-state index in [9.17, 15) is 0 Å². The molecule has 2 aromatic heterocycles. The van der Waals surface area contributed by atoms with E-state index in [1.54, 1.807) is 12.1 Å². The standard InChI is InChI=1S/C12H5Cl3N2S/c13-6-1-2-8(14)7(3-6)10-4-9-11(18-10)12(15)17-5-16-9/h1-5H. The number of nitrogens with zero attached hydrogens (tertiary/aromatic N) is 2. The summed E-state index contributed by atoms with van der Waals surface area (Å²) in [7, 11) is 0. The Kier molecular flexibility index (Phi) is 3.16. The van der Waals surface area contributed by atoms with Crippen LogP contribution in [0.5, 0.6) is 0 Å². The number of rotatable bonds is 1. The predicted octanol–water partition coefficient (Wildman–Crippen LogP) is 5.32. The molecule has 18 heavy (non-hydrogen) atoms. The van der Waals surface area contributed by atoms with Crippen molar-refractivity contribution in [2.75, 3.05) is 0 Å². The Bertz CT molecular complexity index is 739. The predicted molar refractivity (Wildman–Crippen MR) is 77.9 cm³/mol. The molecule has 2 heterocycles. The molecule has 3 rings (SSSR count). The minimum absolute atomic E-state index is 0.453. The average molecular weight is 316 g/mol. The molecular formula is C12H5Cl3N2S. The van der Waals surface area contributed by atoms with Crippen LogP contribution in [0.15, 0.2) is 30.6 Å². The Labute approximate surface area is 122 Å². The van der Waals surface area contributed by atoms with Gasteiger partial charge in [-0.3, -0.25) is 0 Å². The summed E-state index contributed by atoms with van der Waals surface area (Å²) in [4.78, 5) is 9.11. The smallest absolute Gasteiger partial charge is 0.150 e. The number of aromatic nitrogens is 2. The molecule has 0 aliphatic heterocycles. The van der Waals surface area contributed by atoms with E-state index >= 15 is 0 Å². The minimum Gasteiger partial charge on any atom is -0.235 e. The molecule has 0 radical (unpaired) electrons. The Morgan fingerprint density at radius 3 is 2.61 bits per heavy atom. The van der Waals surface area contributed by atoms with Gasteiger partial charge in [-0.1, -0.05) is 34.8 Å². The van der Waals surface area contributed by atoms with Gasteiger partial charge in [0.1, 0.15) is 11.5 Å². The average Bonchev–Trinajstić information content (AvgIpc) is 2.77. The Morgan fingerprint density at radius 2 is 1.83 bits per heavy atom. The summed E-state index contributed by atoms with van der Waals surface area (Å²) in [6, 6.07) is 7.30. The first-order chi connectivity index (χ1) is 8.65. The summed E-state index contributed by atoms with van der Waals surface area (Å²) >= 11 is 19.7. The molecule has 0 bridgehead atoms. The summed E-state index contributed by atoms with van der Waals surface area (Å²) in [5, 5.41) is 1.74. The molecule has 0 atom stereocenters. The quantitative estimate of drug-likeness (QED) is 0.568. The van der Waals surface area contributed by atoms with Gasteiger partial charge in [-0.05, 0) is 24.3 Å². The zero-order chi connectivity index (χ0) is 12.7. The first-order valence-corrected chi connectivity index (χ1v) is 6.95. The van der Waals surface area contributed by atoms with E-state index in [2.05, 4.69) is 9.97 Å². The number of halogens is 3. The maximum atomic E-state index is 6.18. The zero-order valence-corrected chi connectivity index (χ0v) is 11.9. The van der Waals surface area contributed by atoms with Crippen molar-refractivity contribution >= 4 is 56.4 Å². The van der Waals surface area contributed by atoms with Crippen molar-refractivity contribution < 1.29 is 0 Å². The van der Waals surface area contributed by atoms with Gasteiger partial charge in [0.15, 0.2) is 0 Å². The van der Waals surface area contributed by atoms with Crippen LogP contribution in [-0.2, 0) is 0 Å². The van der Waals surface area contributed by atoms with Gasteiger partial charge < -0.3 is 0 Å². The van der Waals surface area contributed by atoms with E-state index in [-0.39, 0.29) is 0 Å². The molecule has 0 spiro atoms. The van der Waals surface area contributed by atoms with Crippen LogP contribution in [0.2, 0.25) is 15.2 Å². The number of hydrogen-bond donors (Lipinski definition) is 0. The third-order valence-electron chi connectivity index (χ3n) is 2.46. The molecule has 6 heteroatoms. The van der Waals surface area contributed by atoms with Gasteiger partial charge in [0.2, 0.25) is 0 Å². The van der Waals surface area contributed by atoms with E-state index in [4.69, 9.17) is 34.8 Å². The number of hydrogen-bond acceptors (Lipinski definition) is 3. The molecule has 0 unspecified atom stereocenters. The molecule has 0 saturated carbocycles. The van der Waals surface area contributed by atoms with E-state index in [0.717, 1.165) is 20.7 Å². The van der Waals surface area contributed by atoms with Crippen LogP contribution in [0.4, 0.5) is 0 Å². The zero-order valence-electron chi connectivity index (χ0n) is 8.82. The molecule has 0 amide bonds. The fraction of sp³-hybridized carbons (Fsp3) is 0. The van der Waals surface area contributed by atoms with Crippen LogP contribution in [0.25, 0.3) is 20.7 Å². The summed E-state index contributed by atoms with van der Waals surface area (Å²) in [5.41, 5.74) is 1.69. The van der Waals surface area contributed by atoms with Crippen molar-refractivity contribution in [1.82, 2.24) is 9.97 Å². The first kappa shape index (κ1) is 12.2. The van der Waals surface area contributed by atoms with Gasteiger partial charge in [-0.15, -0.1) is 11.3 Å². The SMILES string of the molecule is Clc1ccc(Cl)c(-c2cc3ncnc(Cl)c3s2)c1. The molecule has 0 aliphatic rings. The molecule has 0 fully saturated rings. The van der Waals surface area contributed by atoms with Crippen molar-refractivity contribution in [2.45, 2.75) is 0 Å². The highest BCUT2D eigenvalue weighted by atomic mass is 35.5. The normalized spacial score (nSPS) is 11.1. The van der Waals surface area contributed by atoms with Crippen LogP contribution in [-0.4, -0.2) is 9.97 Å². The van der Waals surface area contributed by atoms with Crippen LogP contribution < -0.4 is 0 Å². The molecule has 1 aromatic carbocycles. The van der Waals surface area contributed by atoms with Gasteiger partial charge >= 0.3 is 0 Å². The summed E-state index contributed by atoms with van der Waals surface area (Å²) in [6.45, 7) is 0. The van der Waals surface area contributed by atoms with Crippen LogP contribution in [0, 0.1) is 0 Å². The first-order valence-electron chi connectivity index (χ1n) is 5.00. The largest absolute Gasteiger partial charge is 0.235 e. The molecule has 0 saturated heterocycles. The van der Waals surface area contributed by atoms with Crippen molar-refractivity contribution in [1.29, 1.82) is 0 Å². The Hall–Kier alpha value is -0.870. The number of thiophene rings is 1. The molecular weight excluding hydrogens is 311 g/mol. The third-order valence-corrected chi connectivity index (χ3v) is 4.59. The molecule has 3 aromatic rings. The van der Waals surface area contributed by atoms with Gasteiger partial charge in [-0.25, -0.2) is 9.97 Å². The lowest BCUT2D eigenvalue weighted by molar-refractivity contribution is 1.23. The lowest BCUT2D eigenvalue weighted by atomic mass is 10.2. The molecule has 0 N–H and O–H groups in total. The lowest BCUT2D eigenvalue weighted by Crippen LogP contribution is -1.76. The van der Waals surface area contributed by atoms with Gasteiger partial charge in [-0.2, -0.15) is 0 Å². The highest BCUT2D eigenvalue weighted by Crippen LogP contribution is 2.39. The fourth-order valence-electron chi connectivity index (χ4n) is 1.64. The van der Waals surface area contributed by atoms with Crippen LogP contribution >= 0.6 is 46.1 Å². The highest BCUT2D eigenvalue weighted by molar-refractivity contribution is 7.22. The molecule has 2 nitrogen and oxygen atoms in total. The van der Waals surface area contributed by atoms with Gasteiger partial charge in [0.25, 0.3) is 0 Å². The van der Waals surface area contributed by atoms with E-state index < -0.39 is 0 Å². The topological polar surface area (TPSA) is 25.8 Å². The second kappa shape index (κ2) is 4.67. The summed E-state index contributed by atoms with van der Waals surface area (Å²) < 4.78 is 0.852. The van der Waals surface area contributed by atoms with Crippen LogP contribution in [0.3, 0.4) is 0 Å². The fourth-order valence-corrected chi connectivity index (χ4v) is 3.37. The molecule has 0 aliphatic carbocycles. The van der Waals surface area contributed by atoms with Crippen molar-refractivity contribution in [3.63, 3.8) is 0 Å². The summed E-state index contributed by atoms with van der Waals surface area (Å²) in [6.07, 6.45) is 1.45. The Balaban J connectivity index is 2.26. The van der Waals surface area contributed by atoms with E-state index in [1.165, 1.54) is 17.7 Å². The van der Waals surface area contributed by atoms with Crippen molar-refractivity contribution in [2.24, 2.45) is 0 Å². The summed E-state index contributed by atoms with van der Waals surface area (Å²) in [5.74, 6) is 0. The van der Waals surface area contributed by atoms with Crippen molar-refractivity contribution in [3.05, 3.63) is 45.8 Å². The van der Waals surface area contributed by atoms with Crippen LogP contribution in [0.1, 0.15) is 0 Å².